The lowest BCUT2D eigenvalue weighted by Gasteiger charge is -2.31. The largest absolute Gasteiger partial charge is 0.385 e. The lowest BCUT2D eigenvalue weighted by Crippen LogP contribution is -2.45. The van der Waals surface area contributed by atoms with Crippen LogP contribution in [0.5, 0.6) is 0 Å². The fourth-order valence-corrected chi connectivity index (χ4v) is 3.71. The summed E-state index contributed by atoms with van der Waals surface area (Å²) in [5.74, 6) is 0. The van der Waals surface area contributed by atoms with Gasteiger partial charge in [0.2, 0.25) is 10.0 Å². The highest BCUT2D eigenvalue weighted by molar-refractivity contribution is 7.89. The molecule has 1 aliphatic heterocycles. The first-order valence-electron chi connectivity index (χ1n) is 7.03. The summed E-state index contributed by atoms with van der Waals surface area (Å²) in [6.45, 7) is 6.15. The molecule has 2 rings (SSSR count). The number of nitrogens with one attached hydrogen (secondary N) is 1. The Balaban J connectivity index is 2.16. The van der Waals surface area contributed by atoms with Gasteiger partial charge in [0.25, 0.3) is 0 Å². The zero-order valence-electron chi connectivity index (χ0n) is 12.0. The van der Waals surface area contributed by atoms with Gasteiger partial charge in [-0.05, 0) is 37.6 Å². The van der Waals surface area contributed by atoms with Crippen LogP contribution in [0, 0.1) is 0 Å². The van der Waals surface area contributed by atoms with E-state index in [0.29, 0.717) is 24.6 Å². The molecule has 0 spiro atoms. The highest BCUT2D eigenvalue weighted by Gasteiger charge is 2.29. The first-order valence-corrected chi connectivity index (χ1v) is 8.47. The van der Waals surface area contributed by atoms with E-state index >= 15 is 0 Å². The number of nitrogens with zero attached hydrogens (tertiary/aromatic N) is 1. The van der Waals surface area contributed by atoms with Gasteiger partial charge in [-0.3, -0.25) is 0 Å². The van der Waals surface area contributed by atoms with Gasteiger partial charge in [0, 0.05) is 25.3 Å². The van der Waals surface area contributed by atoms with Crippen molar-refractivity contribution in [3.63, 3.8) is 0 Å². The molecule has 0 amide bonds. The first kappa shape index (κ1) is 15.3. The van der Waals surface area contributed by atoms with Crippen molar-refractivity contribution in [3.05, 3.63) is 24.3 Å². The molecule has 1 fully saturated rings. The smallest absolute Gasteiger partial charge is 0.243 e. The van der Waals surface area contributed by atoms with Crippen LogP contribution in [0.1, 0.15) is 20.3 Å². The average Bonchev–Trinajstić information content (AvgIpc) is 2.48. The summed E-state index contributed by atoms with van der Waals surface area (Å²) in [5, 5.41) is 3.15. The number of anilines is 1. The van der Waals surface area contributed by atoms with E-state index in [1.165, 1.54) is 4.31 Å². The van der Waals surface area contributed by atoms with Gasteiger partial charge in [-0.2, -0.15) is 4.31 Å². The van der Waals surface area contributed by atoms with Crippen LogP contribution < -0.4 is 5.32 Å². The third-order valence-electron chi connectivity index (χ3n) is 3.43. The maximum atomic E-state index is 12.6. The first-order chi connectivity index (χ1) is 9.57. The quantitative estimate of drug-likeness (QED) is 0.902. The monoisotopic (exact) mass is 298 g/mol. The van der Waals surface area contributed by atoms with Gasteiger partial charge < -0.3 is 10.1 Å². The Bertz CT molecular complexity index is 528. The zero-order valence-corrected chi connectivity index (χ0v) is 12.8. The molecule has 1 saturated heterocycles. The molecule has 1 aromatic rings. The highest BCUT2D eigenvalue weighted by atomic mass is 32.2. The molecule has 6 heteroatoms. The number of hydrogen-bond acceptors (Lipinski definition) is 4. The van der Waals surface area contributed by atoms with Crippen molar-refractivity contribution < 1.29 is 13.2 Å². The predicted octanol–water partition coefficient (Wildman–Crippen LogP) is 1.92. The van der Waals surface area contributed by atoms with Crippen molar-refractivity contribution in [1.29, 1.82) is 0 Å². The van der Waals surface area contributed by atoms with Gasteiger partial charge in [-0.1, -0.05) is 6.92 Å². The number of morpholine rings is 1. The standard InChI is InChI=1S/C14H22N2O3S/c1-3-13-11-16(9-10-19-13)20(17,18)14-7-5-12(6-8-14)15-4-2/h5-8,13,15H,3-4,9-11H2,1-2H3. The molecule has 1 atom stereocenters. The van der Waals surface area contributed by atoms with Gasteiger partial charge in [-0.25, -0.2) is 8.42 Å². The molecule has 0 aromatic heterocycles. The molecule has 1 N–H and O–H groups in total. The SMILES string of the molecule is CCNc1ccc(S(=O)(=O)N2CCOC(CC)C2)cc1. The van der Waals surface area contributed by atoms with E-state index in [1.54, 1.807) is 24.3 Å². The molecule has 1 aliphatic rings. The summed E-state index contributed by atoms with van der Waals surface area (Å²) in [4.78, 5) is 0.343. The number of hydrogen-bond donors (Lipinski definition) is 1. The van der Waals surface area contributed by atoms with Gasteiger partial charge in [-0.15, -0.1) is 0 Å². The topological polar surface area (TPSA) is 58.6 Å². The van der Waals surface area contributed by atoms with Gasteiger partial charge >= 0.3 is 0 Å². The number of benzene rings is 1. The second kappa shape index (κ2) is 6.56. The molecule has 20 heavy (non-hydrogen) atoms. The molecule has 0 bridgehead atoms. The average molecular weight is 298 g/mol. The Labute approximate surface area is 121 Å². The van der Waals surface area contributed by atoms with Crippen LogP contribution >= 0.6 is 0 Å². The predicted molar refractivity (Wildman–Crippen MR) is 79.4 cm³/mol. The molecule has 0 radical (unpaired) electrons. The Morgan fingerprint density at radius 1 is 1.30 bits per heavy atom. The highest BCUT2D eigenvalue weighted by Crippen LogP contribution is 2.21. The molecule has 1 unspecified atom stereocenters. The second-order valence-electron chi connectivity index (χ2n) is 4.82. The van der Waals surface area contributed by atoms with Crippen molar-refractivity contribution >= 4 is 15.7 Å². The Morgan fingerprint density at radius 3 is 2.60 bits per heavy atom. The van der Waals surface area contributed by atoms with E-state index in [4.69, 9.17) is 4.74 Å². The van der Waals surface area contributed by atoms with Crippen molar-refractivity contribution in [1.82, 2.24) is 4.31 Å². The molecule has 112 valence electrons. The van der Waals surface area contributed by atoms with Crippen LogP contribution in [-0.2, 0) is 14.8 Å². The maximum Gasteiger partial charge on any atom is 0.243 e. The fraction of sp³-hybridized carbons (Fsp3) is 0.571. The summed E-state index contributed by atoms with van der Waals surface area (Å²) in [5.41, 5.74) is 0.930. The van der Waals surface area contributed by atoms with E-state index in [-0.39, 0.29) is 6.10 Å². The van der Waals surface area contributed by atoms with Crippen molar-refractivity contribution in [2.45, 2.75) is 31.3 Å². The van der Waals surface area contributed by atoms with E-state index in [0.717, 1.165) is 18.7 Å². The minimum Gasteiger partial charge on any atom is -0.385 e. The summed E-state index contributed by atoms with van der Waals surface area (Å²) in [7, 11) is -3.41. The number of rotatable bonds is 5. The Hall–Kier alpha value is -1.11. The summed E-state index contributed by atoms with van der Waals surface area (Å²) >= 11 is 0. The third kappa shape index (κ3) is 3.31. The van der Waals surface area contributed by atoms with Crippen molar-refractivity contribution in [2.75, 3.05) is 31.6 Å². The Kier molecular flexibility index (Phi) is 5.01. The van der Waals surface area contributed by atoms with Gasteiger partial charge in [0.1, 0.15) is 0 Å². The van der Waals surface area contributed by atoms with Crippen molar-refractivity contribution in [2.24, 2.45) is 0 Å². The molecular formula is C14H22N2O3S. The minimum atomic E-state index is -3.41. The van der Waals surface area contributed by atoms with Gasteiger partial charge in [0.15, 0.2) is 0 Å². The van der Waals surface area contributed by atoms with Crippen molar-refractivity contribution in [3.8, 4) is 0 Å². The minimum absolute atomic E-state index is 0.000411. The molecule has 1 aromatic carbocycles. The molecule has 0 saturated carbocycles. The Morgan fingerprint density at radius 2 is 2.00 bits per heavy atom. The fourth-order valence-electron chi connectivity index (χ4n) is 2.26. The normalized spacial score (nSPS) is 20.8. The van der Waals surface area contributed by atoms with Crippen LogP contribution in [0.2, 0.25) is 0 Å². The molecular weight excluding hydrogens is 276 g/mol. The molecule has 5 nitrogen and oxygen atoms in total. The van der Waals surface area contributed by atoms with Crippen LogP contribution in [-0.4, -0.2) is 45.1 Å². The molecule has 1 heterocycles. The summed E-state index contributed by atoms with van der Waals surface area (Å²) < 4.78 is 32.2. The van der Waals surface area contributed by atoms with Crippen LogP contribution in [0.15, 0.2) is 29.2 Å². The van der Waals surface area contributed by atoms with Crippen LogP contribution in [0.4, 0.5) is 5.69 Å². The maximum absolute atomic E-state index is 12.6. The van der Waals surface area contributed by atoms with E-state index < -0.39 is 10.0 Å². The van der Waals surface area contributed by atoms with Crippen LogP contribution in [0.25, 0.3) is 0 Å². The summed E-state index contributed by atoms with van der Waals surface area (Å²) in [6.07, 6.45) is 0.824. The number of ether oxygens (including phenoxy) is 1. The van der Waals surface area contributed by atoms with E-state index in [2.05, 4.69) is 5.32 Å². The lowest BCUT2D eigenvalue weighted by atomic mass is 10.2. The third-order valence-corrected chi connectivity index (χ3v) is 5.31. The van der Waals surface area contributed by atoms with Crippen LogP contribution in [0.3, 0.4) is 0 Å². The van der Waals surface area contributed by atoms with E-state index in [1.807, 2.05) is 13.8 Å². The number of sulfonamides is 1. The summed E-state index contributed by atoms with van der Waals surface area (Å²) in [6, 6.07) is 6.91. The second-order valence-corrected chi connectivity index (χ2v) is 6.76. The van der Waals surface area contributed by atoms with Gasteiger partial charge in [0.05, 0.1) is 17.6 Å². The zero-order chi connectivity index (χ0) is 14.6. The lowest BCUT2D eigenvalue weighted by molar-refractivity contribution is -0.00277. The van der Waals surface area contributed by atoms with E-state index in [9.17, 15) is 8.42 Å². The molecule has 0 aliphatic carbocycles.